The minimum Gasteiger partial charge on any atom is -0.463 e. The summed E-state index contributed by atoms with van der Waals surface area (Å²) in [4.78, 5) is 16.8. The van der Waals surface area contributed by atoms with E-state index >= 15 is 0 Å². The van der Waals surface area contributed by atoms with Gasteiger partial charge in [-0.25, -0.2) is 9.67 Å². The molecule has 8 heteroatoms. The van der Waals surface area contributed by atoms with Crippen LogP contribution in [-0.2, 0) is 6.54 Å². The normalized spacial score (nSPS) is 11.0. The van der Waals surface area contributed by atoms with Crippen molar-refractivity contribution >= 4 is 17.5 Å². The maximum atomic E-state index is 12.6. The average molecular weight is 410 g/mol. The molecule has 148 valence electrons. The molecule has 3 heterocycles. The Morgan fingerprint density at radius 1 is 1.24 bits per heavy atom. The number of rotatable bonds is 7. The van der Waals surface area contributed by atoms with Gasteiger partial charge in [0.05, 0.1) is 12.0 Å². The molecular weight excluding hydrogens is 390 g/mol. The standard InChI is InChI=1S/C21H20ClN5O2/c1-15-23-10-12-26(15)11-3-9-24-21(28)18-14-19(20-4-2-13-29-20)27(25-18)17-7-5-16(22)6-8-17/h2,4-8,10,12-14H,3,9,11H2,1H3,(H,24,28). The fraction of sp³-hybridized carbons (Fsp3) is 0.190. The van der Waals surface area contributed by atoms with Crippen LogP contribution in [0.1, 0.15) is 22.7 Å². The largest absolute Gasteiger partial charge is 0.463 e. The Morgan fingerprint density at radius 3 is 2.76 bits per heavy atom. The maximum absolute atomic E-state index is 12.6. The second-order valence-electron chi connectivity index (χ2n) is 6.56. The highest BCUT2D eigenvalue weighted by atomic mass is 35.5. The van der Waals surface area contributed by atoms with Crippen LogP contribution in [0.5, 0.6) is 0 Å². The molecular formula is C21H20ClN5O2. The van der Waals surface area contributed by atoms with E-state index in [-0.39, 0.29) is 5.91 Å². The minimum atomic E-state index is -0.229. The van der Waals surface area contributed by atoms with Crippen LogP contribution in [0.4, 0.5) is 0 Å². The van der Waals surface area contributed by atoms with Crippen molar-refractivity contribution in [2.24, 2.45) is 0 Å². The third kappa shape index (κ3) is 4.25. The van der Waals surface area contributed by atoms with Gasteiger partial charge in [0.25, 0.3) is 5.91 Å². The predicted octanol–water partition coefficient (Wildman–Crippen LogP) is 4.11. The van der Waals surface area contributed by atoms with Crippen LogP contribution in [0.2, 0.25) is 5.02 Å². The Kier molecular flexibility index (Phi) is 5.48. The zero-order valence-electron chi connectivity index (χ0n) is 15.9. The lowest BCUT2D eigenvalue weighted by molar-refractivity contribution is 0.0947. The van der Waals surface area contributed by atoms with Crippen molar-refractivity contribution < 1.29 is 9.21 Å². The highest BCUT2D eigenvalue weighted by Gasteiger charge is 2.18. The molecule has 0 unspecified atom stereocenters. The molecule has 0 radical (unpaired) electrons. The summed E-state index contributed by atoms with van der Waals surface area (Å²) < 4.78 is 9.25. The summed E-state index contributed by atoms with van der Waals surface area (Å²) >= 11 is 5.99. The smallest absolute Gasteiger partial charge is 0.271 e. The van der Waals surface area contributed by atoms with Crippen LogP contribution in [0, 0.1) is 6.92 Å². The highest BCUT2D eigenvalue weighted by Crippen LogP contribution is 2.25. The molecule has 1 aromatic carbocycles. The Balaban J connectivity index is 1.49. The van der Waals surface area contributed by atoms with Gasteiger partial charge in [0.1, 0.15) is 11.5 Å². The predicted molar refractivity (Wildman–Crippen MR) is 110 cm³/mol. The number of nitrogens with zero attached hydrogens (tertiary/aromatic N) is 4. The van der Waals surface area contributed by atoms with Crippen molar-refractivity contribution in [1.29, 1.82) is 0 Å². The molecule has 0 bridgehead atoms. The third-order valence-corrected chi connectivity index (χ3v) is 4.82. The number of aryl methyl sites for hydroxylation is 2. The van der Waals surface area contributed by atoms with Gasteiger partial charge in [0.15, 0.2) is 11.5 Å². The molecule has 0 saturated carbocycles. The number of amides is 1. The summed E-state index contributed by atoms with van der Waals surface area (Å²) in [6, 6.07) is 12.6. The first-order chi connectivity index (χ1) is 14.1. The van der Waals surface area contributed by atoms with Crippen molar-refractivity contribution in [3.8, 4) is 17.1 Å². The second-order valence-corrected chi connectivity index (χ2v) is 6.99. The Morgan fingerprint density at radius 2 is 2.07 bits per heavy atom. The van der Waals surface area contributed by atoms with Crippen LogP contribution < -0.4 is 5.32 Å². The van der Waals surface area contributed by atoms with Gasteiger partial charge < -0.3 is 14.3 Å². The molecule has 0 spiro atoms. The first-order valence-electron chi connectivity index (χ1n) is 9.27. The van der Waals surface area contributed by atoms with Crippen LogP contribution >= 0.6 is 11.6 Å². The third-order valence-electron chi connectivity index (χ3n) is 4.57. The van der Waals surface area contributed by atoms with Gasteiger partial charge >= 0.3 is 0 Å². The summed E-state index contributed by atoms with van der Waals surface area (Å²) in [5.74, 6) is 1.36. The number of imidazole rings is 1. The molecule has 4 aromatic rings. The molecule has 29 heavy (non-hydrogen) atoms. The number of carbonyl (C=O) groups excluding carboxylic acids is 1. The number of furan rings is 1. The molecule has 0 atom stereocenters. The molecule has 0 aliphatic carbocycles. The minimum absolute atomic E-state index is 0.229. The molecule has 1 amide bonds. The molecule has 4 rings (SSSR count). The van der Waals surface area contributed by atoms with E-state index in [1.807, 2.05) is 31.3 Å². The van der Waals surface area contributed by atoms with Gasteiger partial charge in [0, 0.05) is 36.6 Å². The van der Waals surface area contributed by atoms with E-state index in [1.165, 1.54) is 0 Å². The van der Waals surface area contributed by atoms with Gasteiger partial charge in [-0.3, -0.25) is 4.79 Å². The second kappa shape index (κ2) is 8.36. The molecule has 3 aromatic heterocycles. The number of benzene rings is 1. The summed E-state index contributed by atoms with van der Waals surface area (Å²) in [6.07, 6.45) is 6.09. The monoisotopic (exact) mass is 409 g/mol. The highest BCUT2D eigenvalue weighted by molar-refractivity contribution is 6.30. The lowest BCUT2D eigenvalue weighted by Crippen LogP contribution is -2.25. The average Bonchev–Trinajstić information content (AvgIpc) is 3.46. The van der Waals surface area contributed by atoms with E-state index in [9.17, 15) is 4.79 Å². The first-order valence-corrected chi connectivity index (χ1v) is 9.65. The summed E-state index contributed by atoms with van der Waals surface area (Å²) in [5.41, 5.74) is 1.80. The fourth-order valence-electron chi connectivity index (χ4n) is 3.05. The number of halogens is 1. The van der Waals surface area contributed by atoms with Crippen LogP contribution in [0.25, 0.3) is 17.1 Å². The van der Waals surface area contributed by atoms with Crippen LogP contribution in [-0.4, -0.2) is 31.8 Å². The van der Waals surface area contributed by atoms with E-state index in [4.69, 9.17) is 16.0 Å². The van der Waals surface area contributed by atoms with Gasteiger partial charge in [-0.05, 0) is 49.7 Å². The zero-order chi connectivity index (χ0) is 20.2. The van der Waals surface area contributed by atoms with Gasteiger partial charge in [-0.15, -0.1) is 0 Å². The zero-order valence-corrected chi connectivity index (χ0v) is 16.6. The number of aromatic nitrogens is 4. The van der Waals surface area contributed by atoms with E-state index in [2.05, 4.69) is 20.0 Å². The topological polar surface area (TPSA) is 77.9 Å². The van der Waals surface area contributed by atoms with Crippen molar-refractivity contribution in [2.75, 3.05) is 6.54 Å². The molecule has 7 nitrogen and oxygen atoms in total. The molecule has 0 aliphatic heterocycles. The van der Waals surface area contributed by atoms with E-state index in [0.717, 1.165) is 24.5 Å². The molecule has 0 saturated heterocycles. The van der Waals surface area contributed by atoms with Crippen molar-refractivity contribution in [1.82, 2.24) is 24.6 Å². The van der Waals surface area contributed by atoms with Gasteiger partial charge in [0.2, 0.25) is 0 Å². The number of hydrogen-bond donors (Lipinski definition) is 1. The van der Waals surface area contributed by atoms with Crippen LogP contribution in [0.15, 0.2) is 65.5 Å². The Hall–Kier alpha value is -3.32. The summed E-state index contributed by atoms with van der Waals surface area (Å²) in [7, 11) is 0. The first kappa shape index (κ1) is 19.0. The number of nitrogens with one attached hydrogen (secondary N) is 1. The molecule has 1 N–H and O–H groups in total. The quantitative estimate of drug-likeness (QED) is 0.466. The van der Waals surface area contributed by atoms with Crippen molar-refractivity contribution in [3.05, 3.63) is 77.7 Å². The Labute approximate surface area is 172 Å². The SMILES string of the molecule is Cc1nccn1CCCNC(=O)c1cc(-c2ccco2)n(-c2ccc(Cl)cc2)n1. The Bertz CT molecular complexity index is 1100. The molecule has 0 aliphatic rings. The number of hydrogen-bond acceptors (Lipinski definition) is 4. The lowest BCUT2D eigenvalue weighted by Gasteiger charge is -2.06. The summed E-state index contributed by atoms with van der Waals surface area (Å²) in [6.45, 7) is 3.29. The fourth-order valence-corrected chi connectivity index (χ4v) is 3.18. The number of carbonyl (C=O) groups is 1. The van der Waals surface area contributed by atoms with Gasteiger partial charge in [-0.2, -0.15) is 5.10 Å². The van der Waals surface area contributed by atoms with Gasteiger partial charge in [-0.1, -0.05) is 11.6 Å². The van der Waals surface area contributed by atoms with Crippen LogP contribution in [0.3, 0.4) is 0 Å². The summed E-state index contributed by atoms with van der Waals surface area (Å²) in [5, 5.41) is 8.05. The van der Waals surface area contributed by atoms with E-state index < -0.39 is 0 Å². The van der Waals surface area contributed by atoms with E-state index in [1.54, 1.807) is 41.4 Å². The lowest BCUT2D eigenvalue weighted by atomic mass is 10.2. The maximum Gasteiger partial charge on any atom is 0.271 e. The van der Waals surface area contributed by atoms with Crippen molar-refractivity contribution in [3.63, 3.8) is 0 Å². The van der Waals surface area contributed by atoms with Crippen molar-refractivity contribution in [2.45, 2.75) is 19.9 Å². The molecule has 0 fully saturated rings. The van der Waals surface area contributed by atoms with E-state index in [0.29, 0.717) is 28.7 Å².